The van der Waals surface area contributed by atoms with E-state index in [1.54, 1.807) is 6.92 Å². The number of aliphatic hydroxyl groups is 1. The second kappa shape index (κ2) is 4.84. The van der Waals surface area contributed by atoms with Gasteiger partial charge in [-0.25, -0.2) is 0 Å². The van der Waals surface area contributed by atoms with Gasteiger partial charge in [0.05, 0.1) is 11.5 Å². The lowest BCUT2D eigenvalue weighted by Gasteiger charge is -2.50. The molecule has 0 bridgehead atoms. The van der Waals surface area contributed by atoms with Crippen LogP contribution in [0.15, 0.2) is 0 Å². The summed E-state index contributed by atoms with van der Waals surface area (Å²) >= 11 is 0. The molecule has 2 rings (SSSR count). The summed E-state index contributed by atoms with van der Waals surface area (Å²) in [6, 6.07) is 0. The number of fused-ring (bicyclic) bond motifs is 1. The molecule has 0 unspecified atom stereocenters. The molecule has 0 spiro atoms. The summed E-state index contributed by atoms with van der Waals surface area (Å²) in [5.74, 6) is -0.515. The smallest absolute Gasteiger partial charge is 0.306 e. The van der Waals surface area contributed by atoms with Gasteiger partial charge in [-0.3, -0.25) is 4.79 Å². The number of hydrogen-bond acceptors (Lipinski definition) is 2. The normalized spacial score (nSPS) is 49.4. The maximum atomic E-state index is 11.3. The van der Waals surface area contributed by atoms with Crippen LogP contribution >= 0.6 is 0 Å². The van der Waals surface area contributed by atoms with E-state index >= 15 is 0 Å². The maximum absolute atomic E-state index is 11.3. The van der Waals surface area contributed by atoms with Gasteiger partial charge in [-0.05, 0) is 56.2 Å². The van der Waals surface area contributed by atoms with Crippen molar-refractivity contribution in [3.05, 3.63) is 0 Å². The van der Waals surface area contributed by atoms with Crippen LogP contribution in [0.2, 0.25) is 0 Å². The van der Waals surface area contributed by atoms with Crippen LogP contribution < -0.4 is 0 Å². The first-order valence-corrected chi connectivity index (χ1v) is 7.02. The first-order chi connectivity index (χ1) is 9.57. The first-order valence-electron chi connectivity index (χ1n) is 8.52. The molecule has 0 aliphatic heterocycles. The molecule has 0 aromatic rings. The highest BCUT2D eigenvalue weighted by atomic mass is 16.4. The number of carboxylic acid groups (broad SMARTS) is 1. The highest BCUT2D eigenvalue weighted by Gasteiger charge is 2.47. The number of aliphatic carboxylic acids is 1. The van der Waals surface area contributed by atoms with Crippen molar-refractivity contribution in [2.75, 3.05) is 0 Å². The zero-order valence-electron chi connectivity index (χ0n) is 14.2. The van der Waals surface area contributed by atoms with E-state index in [-0.39, 0.29) is 18.3 Å². The Labute approximate surface area is 114 Å². The van der Waals surface area contributed by atoms with Crippen molar-refractivity contribution >= 4 is 5.97 Å². The standard InChI is InChI=1S/C15H26O3/c1-9-4-5-12(10(2)14(16)17)13-8-15(3,18)7-6-11(9)13/h9-13,18H,4-8H2,1-3H3,(H,16,17)/t9-,10-,11+,12+,13+,15+/m1/s1/i3+1D3. The van der Waals surface area contributed by atoms with Crippen molar-refractivity contribution in [1.82, 2.24) is 0 Å². The van der Waals surface area contributed by atoms with Crippen LogP contribution in [0.5, 0.6) is 0 Å². The third-order valence-corrected chi connectivity index (χ3v) is 5.28. The van der Waals surface area contributed by atoms with Crippen LogP contribution in [-0.2, 0) is 4.79 Å². The average Bonchev–Trinajstić information content (AvgIpc) is 2.37. The van der Waals surface area contributed by atoms with Gasteiger partial charge in [0.1, 0.15) is 0 Å². The minimum atomic E-state index is -2.39. The van der Waals surface area contributed by atoms with Crippen LogP contribution in [0.4, 0.5) is 0 Å². The van der Waals surface area contributed by atoms with E-state index in [9.17, 15) is 15.0 Å². The van der Waals surface area contributed by atoms with E-state index in [0.29, 0.717) is 24.7 Å². The van der Waals surface area contributed by atoms with Gasteiger partial charge in [0.15, 0.2) is 0 Å². The van der Waals surface area contributed by atoms with Gasteiger partial charge in [-0.2, -0.15) is 0 Å². The molecule has 6 atom stereocenters. The Hall–Kier alpha value is -0.570. The highest BCUT2D eigenvalue weighted by Crippen LogP contribution is 2.51. The molecule has 0 heterocycles. The molecule has 0 aromatic carbocycles. The van der Waals surface area contributed by atoms with Gasteiger partial charge in [0.2, 0.25) is 0 Å². The molecule has 104 valence electrons. The van der Waals surface area contributed by atoms with E-state index in [4.69, 9.17) is 4.11 Å². The molecule has 18 heavy (non-hydrogen) atoms. The molecule has 2 N–H and O–H groups in total. The lowest BCUT2D eigenvalue weighted by atomic mass is 9.57. The highest BCUT2D eigenvalue weighted by molar-refractivity contribution is 5.69. The van der Waals surface area contributed by atoms with Gasteiger partial charge in [-0.1, -0.05) is 20.3 Å². The third-order valence-electron chi connectivity index (χ3n) is 5.28. The lowest BCUT2D eigenvalue weighted by molar-refractivity contribution is -0.147. The molecule has 0 saturated heterocycles. The largest absolute Gasteiger partial charge is 0.481 e. The Morgan fingerprint density at radius 2 is 2.11 bits per heavy atom. The quantitative estimate of drug-likeness (QED) is 0.749. The van der Waals surface area contributed by atoms with Crippen molar-refractivity contribution in [2.45, 2.75) is 58.4 Å². The number of carbonyl (C=O) groups is 1. The Bertz CT molecular complexity index is 409. The summed E-state index contributed by atoms with van der Waals surface area (Å²) in [6.45, 7) is 1.48. The predicted octanol–water partition coefficient (Wildman–Crippen LogP) is 2.92. The number of hydrogen-bond donors (Lipinski definition) is 2. The van der Waals surface area contributed by atoms with E-state index in [1.807, 2.05) is 0 Å². The van der Waals surface area contributed by atoms with Crippen molar-refractivity contribution in [1.29, 1.82) is 0 Å². The molecular formula is C15H26O3. The van der Waals surface area contributed by atoms with Crippen LogP contribution in [-0.4, -0.2) is 21.8 Å². The average molecular weight is 258 g/mol. The Morgan fingerprint density at radius 3 is 2.72 bits per heavy atom. The van der Waals surface area contributed by atoms with Crippen LogP contribution in [0.25, 0.3) is 0 Å². The monoisotopic (exact) mass is 258 g/mol. The molecule has 2 aliphatic rings. The maximum Gasteiger partial charge on any atom is 0.306 e. The predicted molar refractivity (Wildman–Crippen MR) is 70.1 cm³/mol. The summed E-state index contributed by atoms with van der Waals surface area (Å²) in [5.41, 5.74) is -1.65. The van der Waals surface area contributed by atoms with Crippen LogP contribution in [0, 0.1) is 29.6 Å². The molecule has 0 radical (unpaired) electrons. The molecule has 0 aromatic heterocycles. The van der Waals surface area contributed by atoms with Gasteiger partial charge in [0, 0.05) is 4.11 Å². The van der Waals surface area contributed by atoms with Gasteiger partial charge < -0.3 is 10.2 Å². The van der Waals surface area contributed by atoms with Gasteiger partial charge in [0.25, 0.3) is 0 Å². The summed E-state index contributed by atoms with van der Waals surface area (Å²) in [4.78, 5) is 11.3. The second-order valence-corrected chi connectivity index (χ2v) is 6.45. The third kappa shape index (κ3) is 2.56. The summed E-state index contributed by atoms with van der Waals surface area (Å²) in [7, 11) is 0. The molecule has 2 aliphatic carbocycles. The first kappa shape index (κ1) is 10.2. The fraction of sp³-hybridized carbons (Fsp3) is 0.933. The van der Waals surface area contributed by atoms with Crippen molar-refractivity contribution < 1.29 is 19.1 Å². The van der Waals surface area contributed by atoms with Crippen molar-refractivity contribution in [3.63, 3.8) is 0 Å². The second-order valence-electron chi connectivity index (χ2n) is 6.45. The Morgan fingerprint density at radius 1 is 1.39 bits per heavy atom. The fourth-order valence-corrected chi connectivity index (χ4v) is 4.13. The van der Waals surface area contributed by atoms with E-state index in [0.717, 1.165) is 12.8 Å². The molecule has 3 nitrogen and oxygen atoms in total. The van der Waals surface area contributed by atoms with E-state index in [2.05, 4.69) is 6.92 Å². The summed E-state index contributed by atoms with van der Waals surface area (Å²) < 4.78 is 22.8. The van der Waals surface area contributed by atoms with Crippen LogP contribution in [0.3, 0.4) is 0 Å². The van der Waals surface area contributed by atoms with E-state index in [1.165, 1.54) is 0 Å². The summed E-state index contributed by atoms with van der Waals surface area (Å²) in [6.07, 6.45) is 3.00. The Balaban J connectivity index is 2.26. The zero-order chi connectivity index (χ0) is 16.0. The molecule has 3 heteroatoms. The number of carboxylic acids is 1. The van der Waals surface area contributed by atoms with Crippen molar-refractivity contribution in [3.8, 4) is 0 Å². The molecule has 0 amide bonds. The van der Waals surface area contributed by atoms with E-state index < -0.39 is 24.3 Å². The van der Waals surface area contributed by atoms with Crippen LogP contribution in [0.1, 0.15) is 56.9 Å². The minimum Gasteiger partial charge on any atom is -0.481 e. The van der Waals surface area contributed by atoms with Gasteiger partial charge >= 0.3 is 5.97 Å². The van der Waals surface area contributed by atoms with Gasteiger partial charge in [-0.15, -0.1) is 0 Å². The molecule has 2 saturated carbocycles. The molecular weight excluding hydrogens is 229 g/mol. The Kier molecular flexibility index (Phi) is 2.75. The van der Waals surface area contributed by atoms with Crippen molar-refractivity contribution in [2.24, 2.45) is 29.6 Å². The number of rotatable bonds is 2. The lowest BCUT2D eigenvalue weighted by Crippen LogP contribution is -2.46. The molecule has 2 fully saturated rings. The summed E-state index contributed by atoms with van der Waals surface area (Å²) in [5, 5.41) is 19.9. The fourth-order valence-electron chi connectivity index (χ4n) is 4.13. The topological polar surface area (TPSA) is 57.5 Å². The zero-order valence-corrected chi connectivity index (χ0v) is 11.2. The minimum absolute atomic E-state index is 0.000903. The SMILES string of the molecule is [2H][13C]([2H])([2H])[C@]1(O)CC[C@@H]2[C@H](C1)[C@H]([C@@H](C)C(=O)O)CC[C@H]2C.